The van der Waals surface area contributed by atoms with E-state index in [4.69, 9.17) is 4.74 Å². The molecule has 1 heterocycles. The maximum Gasteiger partial charge on any atom is 0.223 e. The second-order valence-corrected chi connectivity index (χ2v) is 4.68. The molecule has 1 aromatic carbocycles. The van der Waals surface area contributed by atoms with Crippen LogP contribution in [0.4, 0.5) is 0 Å². The monoisotopic (exact) mass is 273 g/mol. The molecule has 2 rings (SSSR count). The molecule has 0 aliphatic carbocycles. The fourth-order valence-corrected chi connectivity index (χ4v) is 1.78. The lowest BCUT2D eigenvalue weighted by molar-refractivity contribution is -0.121. The Morgan fingerprint density at radius 2 is 2.25 bits per heavy atom. The number of carbonyl (C=O) groups is 1. The van der Waals surface area contributed by atoms with Crippen molar-refractivity contribution < 1.29 is 9.53 Å². The molecule has 0 saturated carbocycles. The molecule has 1 aromatic heterocycles. The molecule has 2 N–H and O–H groups in total. The molecule has 5 nitrogen and oxygen atoms in total. The molecule has 20 heavy (non-hydrogen) atoms. The highest BCUT2D eigenvalue weighted by Gasteiger charge is 2.04. The summed E-state index contributed by atoms with van der Waals surface area (Å²) in [5.41, 5.74) is 2.22. The number of H-pyrrole nitrogens is 1. The first-order valence-electron chi connectivity index (χ1n) is 6.60. The number of amides is 1. The van der Waals surface area contributed by atoms with Crippen molar-refractivity contribution >= 4 is 5.91 Å². The summed E-state index contributed by atoms with van der Waals surface area (Å²) in [5, 5.41) is 2.78. The van der Waals surface area contributed by atoms with Gasteiger partial charge in [0.25, 0.3) is 0 Å². The van der Waals surface area contributed by atoms with E-state index in [1.54, 1.807) is 12.4 Å². The van der Waals surface area contributed by atoms with Crippen LogP contribution in [0.3, 0.4) is 0 Å². The zero-order chi connectivity index (χ0) is 14.4. The minimum atomic E-state index is -0.0493. The Kier molecular flexibility index (Phi) is 4.76. The van der Waals surface area contributed by atoms with Crippen LogP contribution >= 0.6 is 0 Å². The van der Waals surface area contributed by atoms with Crippen LogP contribution in [-0.2, 0) is 11.3 Å². The second-order valence-electron chi connectivity index (χ2n) is 4.68. The summed E-state index contributed by atoms with van der Waals surface area (Å²) in [6, 6.07) is 6.04. The van der Waals surface area contributed by atoms with Gasteiger partial charge in [0.15, 0.2) is 0 Å². The van der Waals surface area contributed by atoms with Gasteiger partial charge in [0.05, 0.1) is 19.6 Å². The lowest BCUT2D eigenvalue weighted by Gasteiger charge is -2.10. The predicted octanol–water partition coefficient (Wildman–Crippen LogP) is 2.11. The third kappa shape index (κ3) is 4.12. The number of aromatic amines is 1. The number of nitrogens with zero attached hydrogens (tertiary/aromatic N) is 1. The summed E-state index contributed by atoms with van der Waals surface area (Å²) in [6.07, 6.45) is 3.71. The van der Waals surface area contributed by atoms with Crippen molar-refractivity contribution in [1.29, 1.82) is 0 Å². The molecule has 0 aliphatic heterocycles. The van der Waals surface area contributed by atoms with Crippen LogP contribution in [0, 0.1) is 13.8 Å². The number of hydrogen-bond acceptors (Lipinski definition) is 3. The Bertz CT molecular complexity index is 565. The van der Waals surface area contributed by atoms with E-state index < -0.39 is 0 Å². The molecule has 0 aliphatic rings. The van der Waals surface area contributed by atoms with Crippen LogP contribution in [0.25, 0.3) is 0 Å². The van der Waals surface area contributed by atoms with E-state index in [0.717, 1.165) is 22.7 Å². The molecular weight excluding hydrogens is 254 g/mol. The molecule has 1 amide bonds. The van der Waals surface area contributed by atoms with Crippen LogP contribution < -0.4 is 10.1 Å². The minimum Gasteiger partial charge on any atom is -0.493 e. The first-order chi connectivity index (χ1) is 9.65. The number of hydrogen-bond donors (Lipinski definition) is 2. The Labute approximate surface area is 118 Å². The van der Waals surface area contributed by atoms with Gasteiger partial charge in [0.1, 0.15) is 11.6 Å². The number of ether oxygens (including phenoxy) is 1. The summed E-state index contributed by atoms with van der Waals surface area (Å²) < 4.78 is 5.64. The maximum absolute atomic E-state index is 11.6. The van der Waals surface area contributed by atoms with Gasteiger partial charge in [0.2, 0.25) is 5.91 Å². The molecule has 0 radical (unpaired) electrons. The van der Waals surface area contributed by atoms with Crippen molar-refractivity contribution in [1.82, 2.24) is 15.3 Å². The molecule has 0 fully saturated rings. The Balaban J connectivity index is 1.72. The molecule has 106 valence electrons. The number of imidazole rings is 1. The first-order valence-corrected chi connectivity index (χ1v) is 6.60. The number of nitrogens with one attached hydrogen (secondary N) is 2. The zero-order valence-electron chi connectivity index (χ0n) is 11.8. The minimum absolute atomic E-state index is 0.0493. The van der Waals surface area contributed by atoms with Crippen LogP contribution in [0.1, 0.15) is 23.4 Å². The molecule has 2 aromatic rings. The average molecular weight is 273 g/mol. The van der Waals surface area contributed by atoms with Crippen molar-refractivity contribution in [3.05, 3.63) is 47.5 Å². The number of carbonyl (C=O) groups excluding carboxylic acids is 1. The molecule has 0 saturated heterocycles. The Hall–Kier alpha value is -2.30. The van der Waals surface area contributed by atoms with E-state index in [9.17, 15) is 4.79 Å². The number of aromatic nitrogens is 2. The van der Waals surface area contributed by atoms with Gasteiger partial charge in [-0.25, -0.2) is 4.98 Å². The summed E-state index contributed by atoms with van der Waals surface area (Å²) >= 11 is 0. The Morgan fingerprint density at radius 1 is 1.40 bits per heavy atom. The van der Waals surface area contributed by atoms with Crippen LogP contribution in [0.15, 0.2) is 30.6 Å². The lowest BCUT2D eigenvalue weighted by atomic mass is 10.1. The number of aryl methyl sites for hydroxylation is 2. The fraction of sp³-hybridized carbons (Fsp3) is 0.333. The van der Waals surface area contributed by atoms with Gasteiger partial charge in [-0.2, -0.15) is 0 Å². The van der Waals surface area contributed by atoms with Crippen LogP contribution in [-0.4, -0.2) is 22.5 Å². The third-order valence-electron chi connectivity index (χ3n) is 2.94. The Morgan fingerprint density at radius 3 is 3.00 bits per heavy atom. The van der Waals surface area contributed by atoms with Gasteiger partial charge in [-0.15, -0.1) is 0 Å². The topological polar surface area (TPSA) is 67.0 Å². The molecule has 5 heteroatoms. The van der Waals surface area contributed by atoms with E-state index in [1.165, 1.54) is 0 Å². The lowest BCUT2D eigenvalue weighted by Crippen LogP contribution is -2.25. The van der Waals surface area contributed by atoms with Gasteiger partial charge >= 0.3 is 0 Å². The standard InChI is InChI=1S/C15H19N3O2/c1-11-3-4-12(2)13(9-11)20-8-5-15(19)18-10-14-16-6-7-17-14/h3-4,6-7,9H,5,8,10H2,1-2H3,(H,16,17)(H,18,19). The van der Waals surface area contributed by atoms with Gasteiger partial charge in [-0.05, 0) is 31.0 Å². The highest BCUT2D eigenvalue weighted by molar-refractivity contribution is 5.75. The van der Waals surface area contributed by atoms with Gasteiger partial charge < -0.3 is 15.0 Å². The summed E-state index contributed by atoms with van der Waals surface area (Å²) in [5.74, 6) is 1.53. The normalized spacial score (nSPS) is 10.3. The van der Waals surface area contributed by atoms with E-state index >= 15 is 0 Å². The number of rotatable bonds is 6. The van der Waals surface area contributed by atoms with Crippen LogP contribution in [0.2, 0.25) is 0 Å². The van der Waals surface area contributed by atoms with E-state index in [0.29, 0.717) is 19.6 Å². The second kappa shape index (κ2) is 6.75. The first kappa shape index (κ1) is 14.1. The molecule has 0 atom stereocenters. The highest BCUT2D eigenvalue weighted by Crippen LogP contribution is 2.19. The maximum atomic E-state index is 11.6. The summed E-state index contributed by atoms with van der Waals surface area (Å²) in [6.45, 7) is 4.79. The average Bonchev–Trinajstić information content (AvgIpc) is 2.93. The van der Waals surface area contributed by atoms with Crippen molar-refractivity contribution in [2.75, 3.05) is 6.61 Å². The summed E-state index contributed by atoms with van der Waals surface area (Å²) in [7, 11) is 0. The molecule has 0 unspecified atom stereocenters. The summed E-state index contributed by atoms with van der Waals surface area (Å²) in [4.78, 5) is 18.6. The van der Waals surface area contributed by atoms with Crippen molar-refractivity contribution in [2.45, 2.75) is 26.8 Å². The largest absolute Gasteiger partial charge is 0.493 e. The molecular formula is C15H19N3O2. The molecule has 0 spiro atoms. The van der Waals surface area contributed by atoms with Crippen LogP contribution in [0.5, 0.6) is 5.75 Å². The van der Waals surface area contributed by atoms with Crippen molar-refractivity contribution in [3.8, 4) is 5.75 Å². The van der Waals surface area contributed by atoms with Crippen molar-refractivity contribution in [2.24, 2.45) is 0 Å². The predicted molar refractivity (Wildman–Crippen MR) is 76.5 cm³/mol. The molecule has 0 bridgehead atoms. The van der Waals surface area contributed by atoms with E-state index in [2.05, 4.69) is 15.3 Å². The quantitative estimate of drug-likeness (QED) is 0.847. The third-order valence-corrected chi connectivity index (χ3v) is 2.94. The SMILES string of the molecule is Cc1ccc(C)c(OCCC(=O)NCc2ncc[nH]2)c1. The van der Waals surface area contributed by atoms with E-state index in [-0.39, 0.29) is 5.91 Å². The smallest absolute Gasteiger partial charge is 0.223 e. The zero-order valence-corrected chi connectivity index (χ0v) is 11.8. The van der Waals surface area contributed by atoms with Gasteiger partial charge in [-0.1, -0.05) is 12.1 Å². The van der Waals surface area contributed by atoms with Gasteiger partial charge in [-0.3, -0.25) is 4.79 Å². The highest BCUT2D eigenvalue weighted by atomic mass is 16.5. The van der Waals surface area contributed by atoms with Crippen molar-refractivity contribution in [3.63, 3.8) is 0 Å². The van der Waals surface area contributed by atoms with E-state index in [1.807, 2.05) is 32.0 Å². The number of benzene rings is 1. The van der Waals surface area contributed by atoms with Gasteiger partial charge in [0, 0.05) is 12.4 Å². The fourth-order valence-electron chi connectivity index (χ4n) is 1.78.